The number of fused-ring (bicyclic) bond motifs is 1. The van der Waals surface area contributed by atoms with Gasteiger partial charge in [0.15, 0.2) is 11.5 Å². The zero-order chi connectivity index (χ0) is 9.42. The second kappa shape index (κ2) is 2.86. The number of pyridine rings is 1. The average molecular weight is 198 g/mol. The first kappa shape index (κ1) is 8.28. The molecule has 0 fully saturated rings. The molecule has 0 aliphatic heterocycles. The molecule has 0 unspecified atom stereocenters. The average Bonchev–Trinajstić information content (AvgIpc) is 2.48. The Kier molecular flexibility index (Phi) is 1.82. The fourth-order valence-electron chi connectivity index (χ4n) is 1.05. The monoisotopic (exact) mass is 197 g/mol. The van der Waals surface area contributed by atoms with E-state index in [-0.39, 0.29) is 0 Å². The molecule has 2 rings (SSSR count). The summed E-state index contributed by atoms with van der Waals surface area (Å²) in [4.78, 5) is 4.12. The molecule has 6 heteroatoms. The van der Waals surface area contributed by atoms with Gasteiger partial charge in [-0.3, -0.25) is 0 Å². The summed E-state index contributed by atoms with van der Waals surface area (Å²) in [6.45, 7) is 0.305. The second-order valence-corrected chi connectivity index (χ2v) is 3.02. The lowest BCUT2D eigenvalue weighted by Gasteiger charge is -1.96. The topological polar surface area (TPSA) is 82.2 Å². The minimum Gasteiger partial charge on any atom is -0.396 e. The molecule has 0 radical (unpaired) electrons. The van der Waals surface area contributed by atoms with Gasteiger partial charge in [-0.25, -0.2) is 9.50 Å². The number of aromatic nitrogens is 3. The van der Waals surface area contributed by atoms with E-state index in [0.29, 0.717) is 28.7 Å². The summed E-state index contributed by atoms with van der Waals surface area (Å²) < 4.78 is 1.56. The normalized spacial score (nSPS) is 10.9. The van der Waals surface area contributed by atoms with E-state index in [0.717, 1.165) is 0 Å². The Labute approximate surface area is 79.3 Å². The second-order valence-electron chi connectivity index (χ2n) is 2.61. The van der Waals surface area contributed by atoms with Gasteiger partial charge in [-0.1, -0.05) is 11.6 Å². The van der Waals surface area contributed by atoms with Crippen molar-refractivity contribution >= 4 is 22.9 Å². The number of nitrogen functional groups attached to an aromatic ring is 1. The molecule has 0 aliphatic rings. The molecule has 0 amide bonds. The highest BCUT2D eigenvalue weighted by Crippen LogP contribution is 2.19. The van der Waals surface area contributed by atoms with Crippen LogP contribution in [0.5, 0.6) is 0 Å². The Balaban J connectivity index is 2.70. The van der Waals surface area contributed by atoms with E-state index in [4.69, 9.17) is 23.1 Å². The molecule has 0 aromatic carbocycles. The Morgan fingerprint density at radius 2 is 2.31 bits per heavy atom. The largest absolute Gasteiger partial charge is 0.396 e. The number of halogens is 1. The van der Waals surface area contributed by atoms with Crippen LogP contribution < -0.4 is 11.5 Å². The Bertz CT molecular complexity index is 410. The van der Waals surface area contributed by atoms with Gasteiger partial charge in [0.1, 0.15) is 0 Å². The molecule has 0 spiro atoms. The van der Waals surface area contributed by atoms with Gasteiger partial charge in [-0.05, 0) is 0 Å². The van der Waals surface area contributed by atoms with Crippen LogP contribution in [0, 0.1) is 0 Å². The van der Waals surface area contributed by atoms with Crippen LogP contribution in [0.1, 0.15) is 5.82 Å². The fraction of sp³-hybridized carbons (Fsp3) is 0.143. The van der Waals surface area contributed by atoms with Crippen LogP contribution in [0.3, 0.4) is 0 Å². The number of anilines is 1. The molecule has 0 bridgehead atoms. The highest BCUT2D eigenvalue weighted by atomic mass is 35.5. The van der Waals surface area contributed by atoms with Crippen LogP contribution in [0.2, 0.25) is 5.02 Å². The van der Waals surface area contributed by atoms with E-state index in [1.54, 1.807) is 16.8 Å². The summed E-state index contributed by atoms with van der Waals surface area (Å²) in [5, 5.41) is 4.55. The third-order valence-corrected chi connectivity index (χ3v) is 2.00. The highest BCUT2D eigenvalue weighted by Gasteiger charge is 2.04. The predicted octanol–water partition coefficient (Wildman–Crippen LogP) is 0.424. The van der Waals surface area contributed by atoms with Gasteiger partial charge in [0.05, 0.1) is 23.5 Å². The molecular formula is C7H8ClN5. The Morgan fingerprint density at radius 3 is 3.00 bits per heavy atom. The van der Waals surface area contributed by atoms with E-state index in [2.05, 4.69) is 10.1 Å². The molecule has 13 heavy (non-hydrogen) atoms. The molecule has 2 heterocycles. The maximum Gasteiger partial charge on any atom is 0.165 e. The van der Waals surface area contributed by atoms with Crippen molar-refractivity contribution in [3.63, 3.8) is 0 Å². The van der Waals surface area contributed by atoms with Crippen molar-refractivity contribution in [1.82, 2.24) is 14.6 Å². The zero-order valence-corrected chi connectivity index (χ0v) is 7.49. The number of rotatable bonds is 1. The number of hydrogen-bond acceptors (Lipinski definition) is 4. The van der Waals surface area contributed by atoms with Gasteiger partial charge >= 0.3 is 0 Å². The van der Waals surface area contributed by atoms with Crippen molar-refractivity contribution in [3.05, 3.63) is 23.1 Å². The van der Waals surface area contributed by atoms with Crippen molar-refractivity contribution < 1.29 is 0 Å². The molecule has 68 valence electrons. The number of nitrogens with two attached hydrogens (primary N) is 2. The predicted molar refractivity (Wildman–Crippen MR) is 50.3 cm³/mol. The lowest BCUT2D eigenvalue weighted by Crippen LogP contribution is -1.98. The van der Waals surface area contributed by atoms with Crippen LogP contribution in [0.25, 0.3) is 5.65 Å². The maximum absolute atomic E-state index is 5.80. The summed E-state index contributed by atoms with van der Waals surface area (Å²) in [5.41, 5.74) is 12.1. The summed E-state index contributed by atoms with van der Waals surface area (Å²) in [6.07, 6.45) is 1.61. The van der Waals surface area contributed by atoms with E-state index < -0.39 is 0 Å². The van der Waals surface area contributed by atoms with Crippen LogP contribution >= 0.6 is 11.6 Å². The number of nitrogens with zero attached hydrogens (tertiary/aromatic N) is 3. The quantitative estimate of drug-likeness (QED) is 0.695. The number of hydrogen-bond donors (Lipinski definition) is 2. The van der Waals surface area contributed by atoms with E-state index >= 15 is 0 Å². The van der Waals surface area contributed by atoms with E-state index in [1.165, 1.54) is 0 Å². The van der Waals surface area contributed by atoms with Crippen LogP contribution in [0.15, 0.2) is 12.3 Å². The molecule has 0 saturated carbocycles. The van der Waals surface area contributed by atoms with Gasteiger partial charge in [0.2, 0.25) is 0 Å². The molecule has 2 aromatic heterocycles. The Morgan fingerprint density at radius 1 is 1.54 bits per heavy atom. The first-order valence-corrected chi connectivity index (χ1v) is 4.09. The van der Waals surface area contributed by atoms with E-state index in [9.17, 15) is 0 Å². The SMILES string of the molecule is NCc1nc2cc(Cl)c(N)cn2n1. The van der Waals surface area contributed by atoms with Gasteiger partial charge in [0, 0.05) is 6.07 Å². The molecule has 0 atom stereocenters. The van der Waals surface area contributed by atoms with Gasteiger partial charge in [0.25, 0.3) is 0 Å². The lowest BCUT2D eigenvalue weighted by atomic mass is 10.4. The summed E-state index contributed by atoms with van der Waals surface area (Å²) in [6, 6.07) is 1.66. The minimum atomic E-state index is 0.305. The molecule has 5 nitrogen and oxygen atoms in total. The maximum atomic E-state index is 5.80. The molecule has 2 aromatic rings. The fourth-order valence-corrected chi connectivity index (χ4v) is 1.20. The van der Waals surface area contributed by atoms with Crippen molar-refractivity contribution in [1.29, 1.82) is 0 Å². The zero-order valence-electron chi connectivity index (χ0n) is 6.74. The molecule has 0 aliphatic carbocycles. The van der Waals surface area contributed by atoms with E-state index in [1.807, 2.05) is 0 Å². The third kappa shape index (κ3) is 1.32. The van der Waals surface area contributed by atoms with Gasteiger partial charge in [-0.2, -0.15) is 0 Å². The Hall–Kier alpha value is -1.33. The van der Waals surface area contributed by atoms with Gasteiger partial charge < -0.3 is 11.5 Å². The van der Waals surface area contributed by atoms with Crippen LogP contribution in [0.4, 0.5) is 5.69 Å². The minimum absolute atomic E-state index is 0.305. The molecule has 4 N–H and O–H groups in total. The van der Waals surface area contributed by atoms with Gasteiger partial charge in [-0.15, -0.1) is 5.10 Å². The van der Waals surface area contributed by atoms with Crippen molar-refractivity contribution in [2.24, 2.45) is 5.73 Å². The third-order valence-electron chi connectivity index (χ3n) is 1.68. The standard InChI is InChI=1S/C7H8ClN5/c8-4-1-7-11-6(2-9)12-13(7)3-5(4)10/h1,3H,2,9-10H2. The van der Waals surface area contributed by atoms with Crippen molar-refractivity contribution in [3.8, 4) is 0 Å². The summed E-state index contributed by atoms with van der Waals surface area (Å²) >= 11 is 5.80. The molecular weight excluding hydrogens is 190 g/mol. The summed E-state index contributed by atoms with van der Waals surface area (Å²) in [5.74, 6) is 0.571. The van der Waals surface area contributed by atoms with Crippen molar-refractivity contribution in [2.75, 3.05) is 5.73 Å². The summed E-state index contributed by atoms with van der Waals surface area (Å²) in [7, 11) is 0. The first-order chi connectivity index (χ1) is 6.20. The first-order valence-electron chi connectivity index (χ1n) is 3.71. The van der Waals surface area contributed by atoms with Crippen molar-refractivity contribution in [2.45, 2.75) is 6.54 Å². The highest BCUT2D eigenvalue weighted by molar-refractivity contribution is 6.33. The van der Waals surface area contributed by atoms with Crippen LogP contribution in [-0.4, -0.2) is 14.6 Å². The smallest absolute Gasteiger partial charge is 0.165 e. The molecule has 0 saturated heterocycles. The lowest BCUT2D eigenvalue weighted by molar-refractivity contribution is 0.870. The van der Waals surface area contributed by atoms with Crippen LogP contribution in [-0.2, 0) is 6.54 Å².